The van der Waals surface area contributed by atoms with Gasteiger partial charge in [0.1, 0.15) is 23.8 Å². The Balaban J connectivity index is 1.77. The quantitative estimate of drug-likeness (QED) is 0.271. The lowest BCUT2D eigenvalue weighted by Crippen LogP contribution is -2.13. The number of phenolic OH excluding ortho intramolecular Hbond substituents is 1. The van der Waals surface area contributed by atoms with Gasteiger partial charge in [-0.15, -0.1) is 0 Å². The van der Waals surface area contributed by atoms with Crippen molar-refractivity contribution in [2.24, 2.45) is 7.05 Å². The third kappa shape index (κ3) is 5.28. The van der Waals surface area contributed by atoms with Crippen molar-refractivity contribution in [2.45, 2.75) is 19.0 Å². The molecule has 3 aromatic carbocycles. The minimum absolute atomic E-state index is 0.104. The topological polar surface area (TPSA) is 47.3 Å². The summed E-state index contributed by atoms with van der Waals surface area (Å²) < 4.78 is 87.8. The van der Waals surface area contributed by atoms with Crippen LogP contribution in [0.15, 0.2) is 66.7 Å². The zero-order valence-corrected chi connectivity index (χ0v) is 19.2. The van der Waals surface area contributed by atoms with Crippen LogP contribution in [0.1, 0.15) is 16.8 Å². The lowest BCUT2D eigenvalue weighted by atomic mass is 9.96. The lowest BCUT2D eigenvalue weighted by molar-refractivity contribution is -0.143. The highest BCUT2D eigenvalue weighted by Gasteiger charge is 2.41. The van der Waals surface area contributed by atoms with Gasteiger partial charge in [0.05, 0.1) is 5.56 Å². The smallest absolute Gasteiger partial charge is 0.433 e. The van der Waals surface area contributed by atoms with Crippen molar-refractivity contribution in [3.63, 3.8) is 0 Å². The van der Waals surface area contributed by atoms with Crippen molar-refractivity contribution >= 4 is 11.6 Å². The Labute approximate surface area is 206 Å². The SMILES string of the molecule is Cn1nc(-c2ccc(OCc3ccc(Cl)cc3)cc2O)c(-c2cccc(C(F)(F)F)c2)c1C(F)(F)F. The van der Waals surface area contributed by atoms with Crippen LogP contribution in [0.2, 0.25) is 5.02 Å². The number of aromatic hydroxyl groups is 1. The molecule has 0 unspecified atom stereocenters. The van der Waals surface area contributed by atoms with Crippen LogP contribution >= 0.6 is 11.6 Å². The first kappa shape index (κ1) is 25.4. The molecule has 4 aromatic rings. The zero-order valence-electron chi connectivity index (χ0n) is 18.5. The van der Waals surface area contributed by atoms with E-state index in [1.165, 1.54) is 18.2 Å². The van der Waals surface area contributed by atoms with Crippen molar-refractivity contribution in [2.75, 3.05) is 0 Å². The number of alkyl halides is 6. The minimum Gasteiger partial charge on any atom is -0.507 e. The molecule has 0 aliphatic heterocycles. The van der Waals surface area contributed by atoms with Crippen LogP contribution in [-0.4, -0.2) is 14.9 Å². The van der Waals surface area contributed by atoms with Crippen molar-refractivity contribution in [3.05, 3.63) is 88.6 Å². The molecule has 1 N–H and O–H groups in total. The van der Waals surface area contributed by atoms with E-state index in [4.69, 9.17) is 16.3 Å². The number of benzene rings is 3. The Bertz CT molecular complexity index is 1400. The molecular formula is C25H17ClF6N2O2. The molecule has 0 bridgehead atoms. The van der Waals surface area contributed by atoms with E-state index in [2.05, 4.69) is 5.10 Å². The molecule has 0 radical (unpaired) electrons. The van der Waals surface area contributed by atoms with E-state index in [0.717, 1.165) is 30.8 Å². The van der Waals surface area contributed by atoms with Crippen LogP contribution in [0.3, 0.4) is 0 Å². The fourth-order valence-corrected chi connectivity index (χ4v) is 3.84. The van der Waals surface area contributed by atoms with Gasteiger partial charge in [-0.25, -0.2) is 0 Å². The molecule has 0 atom stereocenters. The molecular weight excluding hydrogens is 510 g/mol. The standard InChI is InChI=1S/C25H17ClF6N2O2/c1-34-23(25(30,31)32)21(15-3-2-4-16(11-15)24(27,28)29)22(33-34)19-10-9-18(12-20(19)35)36-13-14-5-7-17(26)8-6-14/h2-12,35H,13H2,1H3. The molecule has 11 heteroatoms. The van der Waals surface area contributed by atoms with Gasteiger partial charge in [-0.2, -0.15) is 31.4 Å². The molecule has 0 aliphatic carbocycles. The number of rotatable bonds is 5. The average molecular weight is 527 g/mol. The normalized spacial score (nSPS) is 12.1. The summed E-state index contributed by atoms with van der Waals surface area (Å²) >= 11 is 5.85. The number of phenols is 1. The van der Waals surface area contributed by atoms with Gasteiger partial charge in [-0.3, -0.25) is 4.68 Å². The predicted octanol–water partition coefficient (Wildman–Crippen LogP) is 7.73. The number of nitrogens with zero attached hydrogens (tertiary/aromatic N) is 2. The van der Waals surface area contributed by atoms with E-state index in [-0.39, 0.29) is 29.2 Å². The Morgan fingerprint density at radius 2 is 1.61 bits per heavy atom. The average Bonchev–Trinajstić information content (AvgIpc) is 3.15. The summed E-state index contributed by atoms with van der Waals surface area (Å²) in [7, 11) is 1.03. The maximum Gasteiger partial charge on any atom is 0.433 e. The molecule has 4 rings (SSSR count). The van der Waals surface area contributed by atoms with Crippen LogP contribution in [0, 0.1) is 0 Å². The summed E-state index contributed by atoms with van der Waals surface area (Å²) in [6, 6.07) is 14.3. The highest BCUT2D eigenvalue weighted by atomic mass is 35.5. The first-order valence-corrected chi connectivity index (χ1v) is 10.7. The van der Waals surface area contributed by atoms with E-state index in [0.29, 0.717) is 15.8 Å². The molecule has 0 saturated carbocycles. The van der Waals surface area contributed by atoms with Crippen molar-refractivity contribution < 1.29 is 36.2 Å². The number of aryl methyl sites for hydroxylation is 1. The molecule has 4 nitrogen and oxygen atoms in total. The van der Waals surface area contributed by atoms with E-state index < -0.39 is 34.9 Å². The van der Waals surface area contributed by atoms with Gasteiger partial charge in [0.25, 0.3) is 0 Å². The number of hydrogen-bond acceptors (Lipinski definition) is 3. The second kappa shape index (κ2) is 9.42. The van der Waals surface area contributed by atoms with Crippen LogP contribution < -0.4 is 4.74 Å². The Morgan fingerprint density at radius 3 is 2.22 bits per heavy atom. The molecule has 36 heavy (non-hydrogen) atoms. The second-order valence-electron chi connectivity index (χ2n) is 7.87. The molecule has 0 saturated heterocycles. The summed E-state index contributed by atoms with van der Waals surface area (Å²) in [6.45, 7) is 0.132. The second-order valence-corrected chi connectivity index (χ2v) is 8.30. The Morgan fingerprint density at radius 1 is 0.917 bits per heavy atom. The largest absolute Gasteiger partial charge is 0.507 e. The van der Waals surface area contributed by atoms with Gasteiger partial charge >= 0.3 is 12.4 Å². The summed E-state index contributed by atoms with van der Waals surface area (Å²) in [5.74, 6) is -0.234. The van der Waals surface area contributed by atoms with Crippen LogP contribution in [0.25, 0.3) is 22.4 Å². The molecule has 0 spiro atoms. The molecule has 0 fully saturated rings. The van der Waals surface area contributed by atoms with Crippen molar-refractivity contribution in [1.82, 2.24) is 9.78 Å². The van der Waals surface area contributed by atoms with E-state index >= 15 is 0 Å². The van der Waals surface area contributed by atoms with Crippen LogP contribution in [0.5, 0.6) is 11.5 Å². The first-order valence-electron chi connectivity index (χ1n) is 10.4. The van der Waals surface area contributed by atoms with Gasteiger partial charge in [-0.05, 0) is 47.5 Å². The monoisotopic (exact) mass is 526 g/mol. The summed E-state index contributed by atoms with van der Waals surface area (Å²) in [4.78, 5) is 0. The van der Waals surface area contributed by atoms with E-state index in [9.17, 15) is 31.4 Å². The zero-order chi connectivity index (χ0) is 26.3. The Hall–Kier alpha value is -3.66. The van der Waals surface area contributed by atoms with Gasteiger partial charge in [0.15, 0.2) is 5.69 Å². The summed E-state index contributed by atoms with van der Waals surface area (Å²) in [6.07, 6.45) is -9.69. The van der Waals surface area contributed by atoms with Gasteiger partial charge < -0.3 is 9.84 Å². The highest BCUT2D eigenvalue weighted by molar-refractivity contribution is 6.30. The van der Waals surface area contributed by atoms with Crippen molar-refractivity contribution in [1.29, 1.82) is 0 Å². The predicted molar refractivity (Wildman–Crippen MR) is 122 cm³/mol. The maximum absolute atomic E-state index is 13.9. The number of hydrogen-bond donors (Lipinski definition) is 1. The van der Waals surface area contributed by atoms with E-state index in [1.54, 1.807) is 24.3 Å². The van der Waals surface area contributed by atoms with Crippen molar-refractivity contribution in [3.8, 4) is 33.9 Å². The minimum atomic E-state index is -4.93. The fourth-order valence-electron chi connectivity index (χ4n) is 3.71. The summed E-state index contributed by atoms with van der Waals surface area (Å²) in [5.41, 5.74) is -2.94. The molecule has 1 aromatic heterocycles. The molecule has 0 amide bonds. The number of ether oxygens (including phenoxy) is 1. The number of aromatic nitrogens is 2. The number of halogens is 7. The fraction of sp³-hybridized carbons (Fsp3) is 0.160. The Kier molecular flexibility index (Phi) is 6.66. The molecule has 1 heterocycles. The molecule has 0 aliphatic rings. The van der Waals surface area contributed by atoms with Gasteiger partial charge in [0, 0.05) is 29.3 Å². The van der Waals surface area contributed by atoms with Crippen LogP contribution in [0.4, 0.5) is 26.3 Å². The first-order chi connectivity index (χ1) is 16.8. The van der Waals surface area contributed by atoms with Gasteiger partial charge in [0.2, 0.25) is 0 Å². The maximum atomic E-state index is 13.9. The molecule has 188 valence electrons. The third-order valence-corrected chi connectivity index (χ3v) is 5.59. The summed E-state index contributed by atoms with van der Waals surface area (Å²) in [5, 5.41) is 15.1. The van der Waals surface area contributed by atoms with Crippen LogP contribution in [-0.2, 0) is 26.0 Å². The third-order valence-electron chi connectivity index (χ3n) is 5.34. The lowest BCUT2D eigenvalue weighted by Gasteiger charge is -2.14. The highest BCUT2D eigenvalue weighted by Crippen LogP contribution is 2.45. The van der Waals surface area contributed by atoms with Gasteiger partial charge in [-0.1, -0.05) is 35.9 Å². The van der Waals surface area contributed by atoms with E-state index in [1.807, 2.05) is 0 Å².